The van der Waals surface area contributed by atoms with Gasteiger partial charge in [0.25, 0.3) is 0 Å². The molecule has 0 atom stereocenters. The fourth-order valence-electron chi connectivity index (χ4n) is 1.13. The van der Waals surface area contributed by atoms with Gasteiger partial charge in [-0.3, -0.25) is 0 Å². The quantitative estimate of drug-likeness (QED) is 0.757. The third-order valence-corrected chi connectivity index (χ3v) is 1.72. The minimum atomic E-state index is -0.449. The van der Waals surface area contributed by atoms with Gasteiger partial charge in [-0.15, -0.1) is 0 Å². The van der Waals surface area contributed by atoms with Crippen molar-refractivity contribution < 1.29 is 14.3 Å². The lowest BCUT2D eigenvalue weighted by Gasteiger charge is -2.10. The van der Waals surface area contributed by atoms with Crippen LogP contribution in [0.4, 0.5) is 5.82 Å². The van der Waals surface area contributed by atoms with Crippen molar-refractivity contribution in [2.24, 2.45) is 0 Å². The minimum Gasteiger partial charge on any atom is -0.489 e. The summed E-state index contributed by atoms with van der Waals surface area (Å²) in [6.45, 7) is 4.28. The molecule has 2 N–H and O–H groups in total. The molecule has 1 rings (SSSR count). The number of rotatable bonds is 4. The highest BCUT2D eigenvalue weighted by Gasteiger charge is 2.16. The maximum atomic E-state index is 11.5. The van der Waals surface area contributed by atoms with E-state index in [4.69, 9.17) is 15.2 Å². The lowest BCUT2D eigenvalue weighted by atomic mass is 10.2. The molecule has 5 nitrogen and oxygen atoms in total. The van der Waals surface area contributed by atoms with E-state index in [0.29, 0.717) is 24.5 Å². The summed E-state index contributed by atoms with van der Waals surface area (Å²) in [7, 11) is 0. The second-order valence-electron chi connectivity index (χ2n) is 2.73. The standard InChI is InChI=1S/C10H14N2O3/c1-3-14-8-7(10(13)15-4-2)5-6-12-9(8)11/h5-6H,3-4H2,1-2H3,(H2,11,12). The Morgan fingerprint density at radius 3 is 2.80 bits per heavy atom. The molecule has 0 aliphatic rings. The van der Waals surface area contributed by atoms with Crippen LogP contribution in [0.3, 0.4) is 0 Å². The van der Waals surface area contributed by atoms with Gasteiger partial charge in [-0.1, -0.05) is 0 Å². The van der Waals surface area contributed by atoms with Gasteiger partial charge in [0.2, 0.25) is 0 Å². The van der Waals surface area contributed by atoms with Crippen molar-refractivity contribution in [3.8, 4) is 5.75 Å². The summed E-state index contributed by atoms with van der Waals surface area (Å²) in [5, 5.41) is 0. The first kappa shape index (κ1) is 11.3. The van der Waals surface area contributed by atoms with Crippen LogP contribution in [0.15, 0.2) is 12.3 Å². The fourth-order valence-corrected chi connectivity index (χ4v) is 1.13. The summed E-state index contributed by atoms with van der Waals surface area (Å²) >= 11 is 0. The molecule has 1 heterocycles. The summed E-state index contributed by atoms with van der Waals surface area (Å²) < 4.78 is 10.1. The van der Waals surface area contributed by atoms with Gasteiger partial charge in [0.05, 0.1) is 13.2 Å². The third-order valence-electron chi connectivity index (χ3n) is 1.72. The number of pyridine rings is 1. The lowest BCUT2D eigenvalue weighted by molar-refractivity contribution is 0.0522. The fraction of sp³-hybridized carbons (Fsp3) is 0.400. The molecule has 0 bridgehead atoms. The van der Waals surface area contributed by atoms with Gasteiger partial charge in [0.1, 0.15) is 5.56 Å². The Kier molecular flexibility index (Phi) is 3.91. The molecule has 0 unspecified atom stereocenters. The van der Waals surface area contributed by atoms with Gasteiger partial charge < -0.3 is 15.2 Å². The summed E-state index contributed by atoms with van der Waals surface area (Å²) in [4.78, 5) is 15.4. The molecular formula is C10H14N2O3. The van der Waals surface area contributed by atoms with Gasteiger partial charge in [0.15, 0.2) is 11.6 Å². The van der Waals surface area contributed by atoms with E-state index >= 15 is 0 Å². The van der Waals surface area contributed by atoms with Crippen molar-refractivity contribution in [1.29, 1.82) is 0 Å². The number of hydrogen-bond donors (Lipinski definition) is 1. The van der Waals surface area contributed by atoms with E-state index in [9.17, 15) is 4.79 Å². The number of ether oxygens (including phenoxy) is 2. The predicted octanol–water partition coefficient (Wildman–Crippen LogP) is 1.24. The maximum Gasteiger partial charge on any atom is 0.342 e. The Labute approximate surface area is 88.2 Å². The summed E-state index contributed by atoms with van der Waals surface area (Å²) in [5.74, 6) is 0.0379. The SMILES string of the molecule is CCOC(=O)c1ccnc(N)c1OCC. The maximum absolute atomic E-state index is 11.5. The first-order valence-corrected chi connectivity index (χ1v) is 4.75. The first-order chi connectivity index (χ1) is 7.20. The Morgan fingerprint density at radius 2 is 2.20 bits per heavy atom. The molecule has 0 aliphatic carbocycles. The van der Waals surface area contributed by atoms with E-state index in [1.54, 1.807) is 13.8 Å². The molecule has 1 aromatic heterocycles. The Hall–Kier alpha value is -1.78. The van der Waals surface area contributed by atoms with Crippen LogP contribution in [-0.4, -0.2) is 24.2 Å². The molecule has 15 heavy (non-hydrogen) atoms. The highest BCUT2D eigenvalue weighted by Crippen LogP contribution is 2.24. The average Bonchev–Trinajstić information content (AvgIpc) is 2.21. The summed E-state index contributed by atoms with van der Waals surface area (Å²) in [6, 6.07) is 1.53. The number of carbonyl (C=O) groups excluding carboxylic acids is 1. The molecule has 0 saturated carbocycles. The summed E-state index contributed by atoms with van der Waals surface area (Å²) in [6.07, 6.45) is 1.45. The molecule has 0 amide bonds. The van der Waals surface area contributed by atoms with Crippen molar-refractivity contribution in [3.63, 3.8) is 0 Å². The molecule has 0 radical (unpaired) electrons. The number of carbonyl (C=O) groups is 1. The van der Waals surface area contributed by atoms with Gasteiger partial charge in [-0.25, -0.2) is 9.78 Å². The van der Waals surface area contributed by atoms with E-state index in [-0.39, 0.29) is 5.82 Å². The zero-order chi connectivity index (χ0) is 11.3. The molecule has 0 aliphatic heterocycles. The topological polar surface area (TPSA) is 74.4 Å². The van der Waals surface area contributed by atoms with E-state index < -0.39 is 5.97 Å². The lowest BCUT2D eigenvalue weighted by Crippen LogP contribution is -2.10. The number of nitrogens with two attached hydrogens (primary N) is 1. The largest absolute Gasteiger partial charge is 0.489 e. The number of anilines is 1. The third kappa shape index (κ3) is 2.59. The second-order valence-corrected chi connectivity index (χ2v) is 2.73. The smallest absolute Gasteiger partial charge is 0.342 e. The number of esters is 1. The van der Waals surface area contributed by atoms with Crippen LogP contribution in [0.2, 0.25) is 0 Å². The van der Waals surface area contributed by atoms with Crippen LogP contribution >= 0.6 is 0 Å². The van der Waals surface area contributed by atoms with Crippen LogP contribution in [0, 0.1) is 0 Å². The average molecular weight is 210 g/mol. The van der Waals surface area contributed by atoms with Crippen molar-refractivity contribution in [2.45, 2.75) is 13.8 Å². The zero-order valence-corrected chi connectivity index (χ0v) is 8.82. The summed E-state index contributed by atoms with van der Waals surface area (Å²) in [5.41, 5.74) is 5.91. The molecule has 0 fully saturated rings. The van der Waals surface area contributed by atoms with E-state index in [0.717, 1.165) is 0 Å². The molecule has 5 heteroatoms. The normalized spacial score (nSPS) is 9.73. The van der Waals surface area contributed by atoms with Gasteiger partial charge >= 0.3 is 5.97 Å². The molecule has 82 valence electrons. The van der Waals surface area contributed by atoms with Crippen molar-refractivity contribution in [3.05, 3.63) is 17.8 Å². The predicted molar refractivity (Wildman–Crippen MR) is 55.8 cm³/mol. The van der Waals surface area contributed by atoms with Crippen LogP contribution in [0.5, 0.6) is 5.75 Å². The molecule has 0 spiro atoms. The highest BCUT2D eigenvalue weighted by molar-refractivity contribution is 5.94. The van der Waals surface area contributed by atoms with Crippen LogP contribution in [0.25, 0.3) is 0 Å². The monoisotopic (exact) mass is 210 g/mol. The Morgan fingerprint density at radius 1 is 1.47 bits per heavy atom. The Balaban J connectivity index is 3.04. The van der Waals surface area contributed by atoms with E-state index in [1.807, 2.05) is 0 Å². The highest BCUT2D eigenvalue weighted by atomic mass is 16.5. The number of aromatic nitrogens is 1. The number of nitrogen functional groups attached to an aromatic ring is 1. The van der Waals surface area contributed by atoms with Crippen molar-refractivity contribution >= 4 is 11.8 Å². The van der Waals surface area contributed by atoms with Crippen molar-refractivity contribution in [2.75, 3.05) is 18.9 Å². The van der Waals surface area contributed by atoms with Crippen LogP contribution in [0.1, 0.15) is 24.2 Å². The second kappa shape index (κ2) is 5.19. The van der Waals surface area contributed by atoms with E-state index in [2.05, 4.69) is 4.98 Å². The van der Waals surface area contributed by atoms with E-state index in [1.165, 1.54) is 12.3 Å². The molecule has 1 aromatic rings. The molecule has 0 aromatic carbocycles. The number of nitrogens with zero attached hydrogens (tertiary/aromatic N) is 1. The van der Waals surface area contributed by atoms with Crippen LogP contribution < -0.4 is 10.5 Å². The minimum absolute atomic E-state index is 0.197. The van der Waals surface area contributed by atoms with Crippen LogP contribution in [-0.2, 0) is 4.74 Å². The zero-order valence-electron chi connectivity index (χ0n) is 8.82. The van der Waals surface area contributed by atoms with Gasteiger partial charge in [0, 0.05) is 6.20 Å². The molecule has 0 saturated heterocycles. The van der Waals surface area contributed by atoms with Gasteiger partial charge in [-0.05, 0) is 19.9 Å². The number of hydrogen-bond acceptors (Lipinski definition) is 5. The van der Waals surface area contributed by atoms with Crippen molar-refractivity contribution in [1.82, 2.24) is 4.98 Å². The molecular weight excluding hydrogens is 196 g/mol. The Bertz CT molecular complexity index is 353. The van der Waals surface area contributed by atoms with Gasteiger partial charge in [-0.2, -0.15) is 0 Å². The first-order valence-electron chi connectivity index (χ1n) is 4.75.